The van der Waals surface area contributed by atoms with Gasteiger partial charge in [-0.15, -0.1) is 0 Å². The van der Waals surface area contributed by atoms with E-state index < -0.39 is 47.9 Å². The first-order valence-corrected chi connectivity index (χ1v) is 32.3. The summed E-state index contributed by atoms with van der Waals surface area (Å²) >= 11 is 0. The summed E-state index contributed by atoms with van der Waals surface area (Å²) in [5.74, 6) is -1.84. The van der Waals surface area contributed by atoms with Gasteiger partial charge >= 0.3 is 11.9 Å². The van der Waals surface area contributed by atoms with Gasteiger partial charge in [-0.2, -0.15) is 29.8 Å². The van der Waals surface area contributed by atoms with Crippen molar-refractivity contribution in [2.24, 2.45) is 14.1 Å². The third-order valence-electron chi connectivity index (χ3n) is 17.7. The minimum atomic E-state index is -1.26. The highest BCUT2D eigenvalue weighted by Gasteiger charge is 2.26. The average Bonchev–Trinajstić information content (AvgIpc) is 0.764. The molecule has 0 aliphatic carbocycles. The van der Waals surface area contributed by atoms with E-state index in [1.165, 1.54) is 71.5 Å². The third-order valence-corrected chi connectivity index (χ3v) is 17.7. The third kappa shape index (κ3) is 16.1. The fraction of sp³-hybridized carbons (Fsp3) is 0.333. The molecule has 100 heavy (non-hydrogen) atoms. The van der Waals surface area contributed by atoms with Gasteiger partial charge in [0.15, 0.2) is 11.6 Å². The Morgan fingerprint density at radius 1 is 0.520 bits per heavy atom. The van der Waals surface area contributed by atoms with Crippen LogP contribution in [0, 0.1) is 11.6 Å². The molecular weight excluding hydrogens is 1290 g/mol. The number of likely N-dealkylation sites (tertiary alicyclic amines) is 2. The highest BCUT2D eigenvalue weighted by molar-refractivity contribution is 5.89. The number of hydrogen-bond acceptors (Lipinski definition) is 20. The van der Waals surface area contributed by atoms with E-state index in [9.17, 15) is 39.0 Å². The van der Waals surface area contributed by atoms with Crippen LogP contribution in [0.4, 0.5) is 31.8 Å². The normalized spacial score (nSPS) is 14.2. The number of benzene rings is 2. The lowest BCUT2D eigenvalue weighted by Crippen LogP contribution is -2.29. The second-order valence-electron chi connectivity index (χ2n) is 26.8. The number of carbonyl (C=O) groups is 2. The molecule has 0 radical (unpaired) electrons. The summed E-state index contributed by atoms with van der Waals surface area (Å²) in [6.45, 7) is 14.9. The number of nitrogens with one attached hydrogen (secondary N) is 2. The lowest BCUT2D eigenvalue weighted by atomic mass is 9.86. The van der Waals surface area contributed by atoms with Crippen molar-refractivity contribution in [1.82, 2.24) is 68.9 Å². The molecule has 26 nitrogen and oxygen atoms in total. The van der Waals surface area contributed by atoms with Crippen molar-refractivity contribution in [2.45, 2.75) is 103 Å². The van der Waals surface area contributed by atoms with Gasteiger partial charge in [0, 0.05) is 84.1 Å². The highest BCUT2D eigenvalue weighted by atomic mass is 19.1. The van der Waals surface area contributed by atoms with E-state index in [0.29, 0.717) is 68.9 Å². The SMILES string of the molecule is CN1CCC(c2ccc(Nc3cc(-c4ccnc(-n5ncc6cc(C(C)(C)C)cc(F)c6c5=O)c4CO)nn(C)c3=O)nc2)CC1.CN1CCC(c2ccc(Nc3cc(-c4ccnc(-n5ncc6cc(C(C)(C)C)cc(F)c6c5=O)c4CO)nn(C)c3=O)nc2)CC1.O=C(O)/C=C/C(=O)O. The first kappa shape index (κ1) is 71.8. The van der Waals surface area contributed by atoms with Crippen molar-refractivity contribution in [3.8, 4) is 34.2 Å². The number of aliphatic hydroxyl groups is 2. The number of anilines is 4. The molecule has 0 amide bonds. The highest BCUT2D eigenvalue weighted by Crippen LogP contribution is 2.34. The van der Waals surface area contributed by atoms with Crippen molar-refractivity contribution in [3.05, 3.63) is 209 Å². The first-order valence-electron chi connectivity index (χ1n) is 32.3. The number of carboxylic acids is 2. The fourth-order valence-corrected chi connectivity index (χ4v) is 12.0. The maximum absolute atomic E-state index is 15.3. The van der Waals surface area contributed by atoms with Gasteiger partial charge < -0.3 is 40.9 Å². The molecule has 8 aromatic heterocycles. The van der Waals surface area contributed by atoms with Gasteiger partial charge in [-0.05, 0) is 172 Å². The molecule has 0 saturated carbocycles. The number of nitrogens with zero attached hydrogens (tertiary/aromatic N) is 14. The molecule has 12 rings (SSSR count). The zero-order chi connectivity index (χ0) is 72.1. The summed E-state index contributed by atoms with van der Waals surface area (Å²) in [7, 11) is 7.31. The van der Waals surface area contributed by atoms with Crippen LogP contribution in [0.5, 0.6) is 0 Å². The summed E-state index contributed by atoms with van der Waals surface area (Å²) in [4.78, 5) is 94.9. The molecule has 0 atom stereocenters. The number of fused-ring (bicyclic) bond motifs is 2. The summed E-state index contributed by atoms with van der Waals surface area (Å²) in [5, 5.41) is 60.8. The molecule has 0 spiro atoms. The van der Waals surface area contributed by atoms with Gasteiger partial charge in [0.25, 0.3) is 22.2 Å². The number of carboxylic acid groups (broad SMARTS) is 2. The van der Waals surface area contributed by atoms with Gasteiger partial charge in [-0.25, -0.2) is 47.7 Å². The van der Waals surface area contributed by atoms with Crippen LogP contribution in [0.1, 0.15) is 112 Å². The molecule has 2 aromatic carbocycles. The number of piperidine rings is 2. The van der Waals surface area contributed by atoms with Crippen molar-refractivity contribution >= 4 is 56.5 Å². The number of rotatable bonds is 14. The molecule has 6 N–H and O–H groups in total. The van der Waals surface area contributed by atoms with Gasteiger partial charge in [0.1, 0.15) is 34.6 Å². The molecule has 2 fully saturated rings. The molecule has 0 unspecified atom stereocenters. The lowest BCUT2D eigenvalue weighted by Gasteiger charge is -2.29. The van der Waals surface area contributed by atoms with Crippen molar-refractivity contribution in [2.75, 3.05) is 50.9 Å². The Morgan fingerprint density at radius 2 is 0.890 bits per heavy atom. The summed E-state index contributed by atoms with van der Waals surface area (Å²) in [6.07, 6.45) is 14.9. The lowest BCUT2D eigenvalue weighted by molar-refractivity contribution is -0.134. The molecule has 2 aliphatic heterocycles. The molecular formula is C72H78F2N16O10. The molecule has 28 heteroatoms. The van der Waals surface area contributed by atoms with E-state index in [0.717, 1.165) is 72.4 Å². The second kappa shape index (κ2) is 30.0. The van der Waals surface area contributed by atoms with Crippen LogP contribution < -0.4 is 32.9 Å². The maximum atomic E-state index is 15.3. The van der Waals surface area contributed by atoms with E-state index in [1.54, 1.807) is 36.4 Å². The van der Waals surface area contributed by atoms with Gasteiger partial charge in [-0.1, -0.05) is 53.7 Å². The summed E-state index contributed by atoms with van der Waals surface area (Å²) in [5.41, 5.74) is 3.47. The van der Waals surface area contributed by atoms with Crippen LogP contribution >= 0.6 is 0 Å². The Bertz CT molecular complexity index is 4700. The van der Waals surface area contributed by atoms with E-state index in [1.807, 2.05) is 78.2 Å². The standard InChI is InChI=1S/2C34H37FN8O3.C4H4O4/c2*1-34(2,3)23-14-22-18-38-43(33(46)30(22)26(35)15-23)31-25(19-44)24(8-11-36-31)27-16-28(32(45)42(5)40-27)39-29-7-6-21(17-37-29)20-9-12-41(4)13-10-20;5-3(6)1-2-4(7)8/h2*6-8,11,14-18,20,44H,9-10,12-13,19H2,1-5H3,(H,37,39);1-2H,(H,5,6)(H,7,8)/b;;2-1+. The minimum Gasteiger partial charge on any atom is -0.478 e. The first-order chi connectivity index (χ1) is 47.5. The maximum Gasteiger partial charge on any atom is 0.328 e. The Hall–Kier alpha value is -10.9. The van der Waals surface area contributed by atoms with Crippen LogP contribution in [0.3, 0.4) is 0 Å². The van der Waals surface area contributed by atoms with E-state index >= 15 is 8.78 Å². The largest absolute Gasteiger partial charge is 0.478 e. The van der Waals surface area contributed by atoms with Gasteiger partial charge in [0.05, 0.1) is 47.8 Å². The Balaban J connectivity index is 0.000000195. The van der Waals surface area contributed by atoms with Crippen molar-refractivity contribution < 1.29 is 38.8 Å². The van der Waals surface area contributed by atoms with E-state index in [-0.39, 0.29) is 66.9 Å². The molecule has 0 bridgehead atoms. The molecule has 10 heterocycles. The van der Waals surface area contributed by atoms with Crippen LogP contribution in [-0.4, -0.2) is 141 Å². The predicted octanol–water partition coefficient (Wildman–Crippen LogP) is 8.55. The van der Waals surface area contributed by atoms with Gasteiger partial charge in [0.2, 0.25) is 0 Å². The van der Waals surface area contributed by atoms with Gasteiger partial charge in [-0.3, -0.25) is 19.2 Å². The quantitative estimate of drug-likeness (QED) is 0.0555. The number of aliphatic carboxylic acids is 2. The summed E-state index contributed by atoms with van der Waals surface area (Å²) in [6, 6.07) is 20.4. The van der Waals surface area contributed by atoms with E-state index in [2.05, 4.69) is 74.9 Å². The number of aliphatic hydroxyl groups excluding tert-OH is 2. The number of hydrogen-bond donors (Lipinski definition) is 6. The van der Waals surface area contributed by atoms with Crippen molar-refractivity contribution in [1.29, 1.82) is 0 Å². The number of aryl methyl sites for hydroxylation is 2. The second-order valence-corrected chi connectivity index (χ2v) is 26.8. The summed E-state index contributed by atoms with van der Waals surface area (Å²) < 4.78 is 35.0. The Labute approximate surface area is 572 Å². The number of aromatic nitrogens is 12. The molecule has 10 aromatic rings. The predicted molar refractivity (Wildman–Crippen MR) is 375 cm³/mol. The van der Waals surface area contributed by atoms with Crippen LogP contribution in [0.25, 0.3) is 55.7 Å². The number of pyridine rings is 4. The smallest absolute Gasteiger partial charge is 0.328 e. The average molecular weight is 1370 g/mol. The monoisotopic (exact) mass is 1360 g/mol. The Morgan fingerprint density at radius 3 is 1.21 bits per heavy atom. The molecule has 520 valence electrons. The molecule has 2 saturated heterocycles. The number of halogens is 2. The van der Waals surface area contributed by atoms with Crippen LogP contribution in [0.15, 0.2) is 141 Å². The topological polar surface area (TPSA) is 337 Å². The Kier molecular flexibility index (Phi) is 21.6. The fourth-order valence-electron chi connectivity index (χ4n) is 12.0. The zero-order valence-corrected chi connectivity index (χ0v) is 57.0. The van der Waals surface area contributed by atoms with Crippen molar-refractivity contribution in [3.63, 3.8) is 0 Å². The van der Waals surface area contributed by atoms with Crippen LogP contribution in [0.2, 0.25) is 0 Å². The zero-order valence-electron chi connectivity index (χ0n) is 57.0. The molecule has 2 aliphatic rings. The minimum absolute atomic E-state index is 0.0301. The van der Waals surface area contributed by atoms with E-state index in [4.69, 9.17) is 10.2 Å². The van der Waals surface area contributed by atoms with Crippen LogP contribution in [-0.2, 0) is 47.7 Å².